The molecule has 0 bridgehead atoms. The number of nitrogen functional groups attached to an aromatic ring is 1. The van der Waals surface area contributed by atoms with Gasteiger partial charge in [-0.3, -0.25) is 0 Å². The minimum atomic E-state index is -4.19. The first kappa shape index (κ1) is 12.2. The van der Waals surface area contributed by atoms with Crippen LogP contribution in [0.5, 0.6) is 0 Å². The van der Waals surface area contributed by atoms with Crippen LogP contribution in [0.3, 0.4) is 0 Å². The molecular weight excluding hydrogens is 263 g/mol. The highest BCUT2D eigenvalue weighted by atomic mass is 32.2. The van der Waals surface area contributed by atoms with Crippen molar-refractivity contribution in [3.63, 3.8) is 0 Å². The summed E-state index contributed by atoms with van der Waals surface area (Å²) in [6.07, 6.45) is 0. The summed E-state index contributed by atoms with van der Waals surface area (Å²) in [5.74, 6) is -1.22. The zero-order valence-corrected chi connectivity index (χ0v) is 10.0. The standard InChI is InChI=1S/C8H9FN6O2S/c1-15-12-8(11-14-15)13-18(16,17)7-5(9)3-2-4-6(7)10/h2-4H,10H2,1H3,(H,12,13). The highest BCUT2D eigenvalue weighted by Gasteiger charge is 2.23. The molecule has 18 heavy (non-hydrogen) atoms. The van der Waals surface area contributed by atoms with E-state index in [9.17, 15) is 12.8 Å². The second-order valence-electron chi connectivity index (χ2n) is 3.37. The van der Waals surface area contributed by atoms with Gasteiger partial charge in [0.1, 0.15) is 10.7 Å². The van der Waals surface area contributed by atoms with Crippen molar-refractivity contribution in [1.29, 1.82) is 0 Å². The van der Waals surface area contributed by atoms with Gasteiger partial charge in [-0.25, -0.2) is 17.5 Å². The van der Waals surface area contributed by atoms with Gasteiger partial charge in [0.05, 0.1) is 12.7 Å². The molecule has 2 aromatic rings. The van der Waals surface area contributed by atoms with Crippen LogP contribution in [-0.4, -0.2) is 28.6 Å². The fraction of sp³-hybridized carbons (Fsp3) is 0.125. The summed E-state index contributed by atoms with van der Waals surface area (Å²) in [5, 5.41) is 10.5. The lowest BCUT2D eigenvalue weighted by Crippen LogP contribution is -2.17. The Morgan fingerprint density at radius 3 is 2.72 bits per heavy atom. The molecule has 0 saturated carbocycles. The van der Waals surface area contributed by atoms with E-state index in [1.54, 1.807) is 0 Å². The number of benzene rings is 1. The third-order valence-electron chi connectivity index (χ3n) is 2.00. The molecule has 0 radical (unpaired) electrons. The number of anilines is 2. The minimum Gasteiger partial charge on any atom is -0.398 e. The second-order valence-corrected chi connectivity index (χ2v) is 4.99. The number of hydrogen-bond acceptors (Lipinski definition) is 6. The van der Waals surface area contributed by atoms with E-state index >= 15 is 0 Å². The highest BCUT2D eigenvalue weighted by molar-refractivity contribution is 7.92. The lowest BCUT2D eigenvalue weighted by atomic mass is 10.3. The SMILES string of the molecule is Cn1nnc(NS(=O)(=O)c2c(N)cccc2F)n1. The normalized spacial score (nSPS) is 11.4. The summed E-state index contributed by atoms with van der Waals surface area (Å²) in [4.78, 5) is 0.417. The molecule has 0 atom stereocenters. The maximum absolute atomic E-state index is 13.5. The average molecular weight is 272 g/mol. The number of aryl methyl sites for hydroxylation is 1. The largest absolute Gasteiger partial charge is 0.398 e. The molecule has 1 heterocycles. The molecule has 96 valence electrons. The second kappa shape index (κ2) is 4.22. The molecular formula is C8H9FN6O2S. The Hall–Kier alpha value is -2.23. The van der Waals surface area contributed by atoms with Gasteiger partial charge in [-0.05, 0) is 17.3 Å². The average Bonchev–Trinajstić information content (AvgIpc) is 2.62. The molecule has 0 aliphatic rings. The van der Waals surface area contributed by atoms with Crippen LogP contribution in [0.25, 0.3) is 0 Å². The van der Waals surface area contributed by atoms with Crippen LogP contribution < -0.4 is 10.5 Å². The summed E-state index contributed by atoms with van der Waals surface area (Å²) >= 11 is 0. The van der Waals surface area contributed by atoms with E-state index in [0.29, 0.717) is 0 Å². The molecule has 0 spiro atoms. The number of tetrazole rings is 1. The van der Waals surface area contributed by atoms with Gasteiger partial charge >= 0.3 is 0 Å². The first-order valence-electron chi connectivity index (χ1n) is 4.71. The van der Waals surface area contributed by atoms with Gasteiger partial charge in [-0.1, -0.05) is 11.2 Å². The summed E-state index contributed by atoms with van der Waals surface area (Å²) in [6.45, 7) is 0. The van der Waals surface area contributed by atoms with Crippen LogP contribution >= 0.6 is 0 Å². The van der Waals surface area contributed by atoms with Crippen molar-refractivity contribution in [3.8, 4) is 0 Å². The summed E-state index contributed by atoms with van der Waals surface area (Å²) < 4.78 is 39.3. The summed E-state index contributed by atoms with van der Waals surface area (Å²) in [7, 11) is -2.73. The lowest BCUT2D eigenvalue weighted by molar-refractivity contribution is 0.571. The monoisotopic (exact) mass is 272 g/mol. The first-order chi connectivity index (χ1) is 8.40. The fourth-order valence-electron chi connectivity index (χ4n) is 1.31. The van der Waals surface area contributed by atoms with Crippen LogP contribution in [0.4, 0.5) is 16.0 Å². The van der Waals surface area contributed by atoms with Crippen molar-refractivity contribution in [1.82, 2.24) is 20.2 Å². The maximum atomic E-state index is 13.5. The molecule has 0 fully saturated rings. The zero-order valence-electron chi connectivity index (χ0n) is 9.20. The Labute approximate surface area is 102 Å². The van der Waals surface area contributed by atoms with Gasteiger partial charge in [-0.2, -0.15) is 4.80 Å². The van der Waals surface area contributed by atoms with Crippen molar-refractivity contribution >= 4 is 21.7 Å². The first-order valence-corrected chi connectivity index (χ1v) is 6.19. The molecule has 2 rings (SSSR count). The minimum absolute atomic E-state index is 0.202. The molecule has 3 N–H and O–H groups in total. The highest BCUT2D eigenvalue weighted by Crippen LogP contribution is 2.22. The molecule has 0 amide bonds. The Bertz CT molecular complexity index is 662. The van der Waals surface area contributed by atoms with E-state index in [2.05, 4.69) is 15.4 Å². The number of hydrogen-bond donors (Lipinski definition) is 2. The Balaban J connectivity index is 2.43. The van der Waals surface area contributed by atoms with Gasteiger partial charge < -0.3 is 5.73 Å². The number of sulfonamides is 1. The van der Waals surface area contributed by atoms with Crippen LogP contribution in [0.2, 0.25) is 0 Å². The molecule has 0 aliphatic heterocycles. The van der Waals surface area contributed by atoms with Gasteiger partial charge in [-0.15, -0.1) is 5.10 Å². The Morgan fingerprint density at radius 1 is 1.44 bits per heavy atom. The number of nitrogens with one attached hydrogen (secondary N) is 1. The van der Waals surface area contributed by atoms with E-state index < -0.39 is 20.7 Å². The van der Waals surface area contributed by atoms with Crippen LogP contribution in [-0.2, 0) is 17.1 Å². The van der Waals surface area contributed by atoms with Gasteiger partial charge in [0, 0.05) is 0 Å². The molecule has 1 aromatic carbocycles. The van der Waals surface area contributed by atoms with Crippen molar-refractivity contribution in [2.45, 2.75) is 4.90 Å². The number of halogens is 1. The van der Waals surface area contributed by atoms with Crippen molar-refractivity contribution in [3.05, 3.63) is 24.0 Å². The molecule has 10 heteroatoms. The quantitative estimate of drug-likeness (QED) is 0.743. The van der Waals surface area contributed by atoms with E-state index in [4.69, 9.17) is 5.73 Å². The molecule has 0 unspecified atom stereocenters. The number of nitrogens with two attached hydrogens (primary N) is 1. The van der Waals surface area contributed by atoms with Gasteiger partial charge in [0.2, 0.25) is 0 Å². The number of nitrogens with zero attached hydrogens (tertiary/aromatic N) is 4. The van der Waals surface area contributed by atoms with Crippen LogP contribution in [0, 0.1) is 5.82 Å². The third kappa shape index (κ3) is 2.22. The van der Waals surface area contributed by atoms with Crippen molar-refractivity contribution < 1.29 is 12.8 Å². The number of rotatable bonds is 3. The summed E-state index contributed by atoms with van der Waals surface area (Å²) in [5.41, 5.74) is 5.24. The maximum Gasteiger partial charge on any atom is 0.277 e. The van der Waals surface area contributed by atoms with E-state index in [0.717, 1.165) is 10.9 Å². The predicted octanol–water partition coefficient (Wildman–Crippen LogP) is -0.268. The van der Waals surface area contributed by atoms with E-state index in [1.165, 1.54) is 19.2 Å². The Kier molecular flexibility index (Phi) is 2.87. The predicted molar refractivity (Wildman–Crippen MR) is 60.4 cm³/mol. The van der Waals surface area contributed by atoms with Crippen molar-refractivity contribution in [2.75, 3.05) is 10.5 Å². The molecule has 0 saturated heterocycles. The topological polar surface area (TPSA) is 116 Å². The Morgan fingerprint density at radius 2 is 2.17 bits per heavy atom. The lowest BCUT2D eigenvalue weighted by Gasteiger charge is -2.07. The fourth-order valence-corrected chi connectivity index (χ4v) is 2.43. The molecule has 8 nitrogen and oxygen atoms in total. The molecule has 1 aromatic heterocycles. The van der Waals surface area contributed by atoms with Crippen LogP contribution in [0.15, 0.2) is 23.1 Å². The number of aromatic nitrogens is 4. The van der Waals surface area contributed by atoms with E-state index in [1.807, 2.05) is 4.72 Å². The van der Waals surface area contributed by atoms with Crippen molar-refractivity contribution in [2.24, 2.45) is 7.05 Å². The third-order valence-corrected chi connectivity index (χ3v) is 3.42. The summed E-state index contributed by atoms with van der Waals surface area (Å²) in [6, 6.07) is 3.58. The van der Waals surface area contributed by atoms with Gasteiger partial charge in [0.15, 0.2) is 0 Å². The van der Waals surface area contributed by atoms with Gasteiger partial charge in [0.25, 0.3) is 16.0 Å². The van der Waals surface area contributed by atoms with Crippen LogP contribution in [0.1, 0.15) is 0 Å². The smallest absolute Gasteiger partial charge is 0.277 e. The zero-order chi connectivity index (χ0) is 13.3. The van der Waals surface area contributed by atoms with E-state index in [-0.39, 0.29) is 11.6 Å². The molecule has 0 aliphatic carbocycles.